The number of carbonyl (C=O) groups is 1. The van der Waals surface area contributed by atoms with Gasteiger partial charge in [-0.3, -0.25) is 9.59 Å². The molecular formula is C29H22O10. The molecule has 0 bridgehead atoms. The summed E-state index contributed by atoms with van der Waals surface area (Å²) in [6.45, 7) is 4.86. The fourth-order valence-corrected chi connectivity index (χ4v) is 5.42. The SMILES string of the molecule is Cc1oc2cc3c(-c4c(O)cc(O)c5c(O)c6c(cc45)O[C@@H](C)CC6=O)c(=O)cc(O)c3c(O)c2c(O)c1C. The number of carbonyl (C=O) groups excluding carboxylic acids is 1. The van der Waals surface area contributed by atoms with Crippen LogP contribution in [0.3, 0.4) is 0 Å². The van der Waals surface area contributed by atoms with E-state index >= 15 is 0 Å². The van der Waals surface area contributed by atoms with Crippen LogP contribution in [0.1, 0.15) is 35.0 Å². The van der Waals surface area contributed by atoms with E-state index in [9.17, 15) is 40.2 Å². The normalized spacial score (nSPS) is 15.2. The van der Waals surface area contributed by atoms with Gasteiger partial charge in [0.05, 0.1) is 10.8 Å². The van der Waals surface area contributed by atoms with Gasteiger partial charge in [0.25, 0.3) is 0 Å². The third-order valence-electron chi connectivity index (χ3n) is 7.34. The second-order valence-corrected chi connectivity index (χ2v) is 9.79. The van der Waals surface area contributed by atoms with Crippen LogP contribution in [0, 0.1) is 13.8 Å². The highest BCUT2D eigenvalue weighted by Crippen LogP contribution is 2.52. The van der Waals surface area contributed by atoms with E-state index in [1.54, 1.807) is 20.8 Å². The molecule has 0 spiro atoms. The molecule has 0 unspecified atom stereocenters. The number of phenols is 5. The first-order valence-electron chi connectivity index (χ1n) is 12.0. The van der Waals surface area contributed by atoms with Crippen LogP contribution in [0.25, 0.3) is 43.6 Å². The second-order valence-electron chi connectivity index (χ2n) is 9.79. The lowest BCUT2D eigenvalue weighted by Crippen LogP contribution is -2.24. The summed E-state index contributed by atoms with van der Waals surface area (Å²) in [7, 11) is 0. The minimum absolute atomic E-state index is 0.00240. The van der Waals surface area contributed by atoms with E-state index in [2.05, 4.69) is 0 Å². The molecule has 5 aromatic rings. The smallest absolute Gasteiger partial charge is 0.190 e. The van der Waals surface area contributed by atoms with Crippen LogP contribution in [0.5, 0.6) is 40.2 Å². The maximum atomic E-state index is 13.4. The molecule has 198 valence electrons. The Balaban J connectivity index is 1.83. The molecule has 0 amide bonds. The van der Waals surface area contributed by atoms with Crippen LogP contribution >= 0.6 is 0 Å². The molecular weight excluding hydrogens is 508 g/mol. The van der Waals surface area contributed by atoms with E-state index in [1.165, 1.54) is 12.1 Å². The summed E-state index contributed by atoms with van der Waals surface area (Å²) >= 11 is 0. The van der Waals surface area contributed by atoms with E-state index < -0.39 is 46.1 Å². The molecule has 39 heavy (non-hydrogen) atoms. The molecule has 6 N–H and O–H groups in total. The Bertz CT molecular complexity index is 2000. The van der Waals surface area contributed by atoms with Crippen molar-refractivity contribution in [2.45, 2.75) is 33.3 Å². The fourth-order valence-electron chi connectivity index (χ4n) is 5.42. The number of ether oxygens (including phenoxy) is 1. The summed E-state index contributed by atoms with van der Waals surface area (Å²) in [6.07, 6.45) is -0.503. The number of hydrogen-bond donors (Lipinski definition) is 6. The zero-order valence-corrected chi connectivity index (χ0v) is 20.9. The van der Waals surface area contributed by atoms with E-state index in [1.807, 2.05) is 0 Å². The predicted molar refractivity (Wildman–Crippen MR) is 141 cm³/mol. The standard InChI is InChI=1S/C29H22O10/c1-9-4-14(30)25-19(38-9)5-12-21(15(31)7-17(33)23(12)28(25)36)22-13-6-20-26(27(35)10(2)11(3)39-20)29(37)24(13)18(34)8-16(22)32/h5-9,31,33-37H,4H2,1-3H3/t9-/m0/s1. The van der Waals surface area contributed by atoms with Crippen molar-refractivity contribution >= 4 is 38.3 Å². The van der Waals surface area contributed by atoms with Crippen molar-refractivity contribution in [3.8, 4) is 51.4 Å². The van der Waals surface area contributed by atoms with Gasteiger partial charge in [-0.05, 0) is 32.9 Å². The average Bonchev–Trinajstić information content (AvgIpc) is 2.83. The lowest BCUT2D eigenvalue weighted by atomic mass is 9.88. The van der Waals surface area contributed by atoms with E-state index in [0.717, 1.165) is 12.1 Å². The molecule has 0 radical (unpaired) electrons. The zero-order valence-electron chi connectivity index (χ0n) is 20.9. The van der Waals surface area contributed by atoms with Gasteiger partial charge in [-0.25, -0.2) is 0 Å². The number of hydrogen-bond acceptors (Lipinski definition) is 10. The molecule has 1 atom stereocenters. The topological polar surface area (TPSA) is 178 Å². The van der Waals surface area contributed by atoms with Gasteiger partial charge in [0, 0.05) is 46.0 Å². The quantitative estimate of drug-likeness (QED) is 0.162. The molecule has 10 heteroatoms. The number of fused-ring (bicyclic) bond motifs is 4. The summed E-state index contributed by atoms with van der Waals surface area (Å²) in [6, 6.07) is 4.45. The number of ketones is 1. The molecule has 1 aliphatic rings. The molecule has 2 heterocycles. The van der Waals surface area contributed by atoms with Crippen molar-refractivity contribution < 1.29 is 44.6 Å². The van der Waals surface area contributed by atoms with E-state index in [0.29, 0.717) is 11.3 Å². The summed E-state index contributed by atoms with van der Waals surface area (Å²) in [5.41, 5.74) is -0.895. The molecule has 1 aliphatic heterocycles. The Labute approximate surface area is 219 Å². The molecule has 1 aromatic heterocycles. The van der Waals surface area contributed by atoms with Crippen molar-refractivity contribution in [3.63, 3.8) is 0 Å². The zero-order chi connectivity index (χ0) is 28.1. The highest BCUT2D eigenvalue weighted by molar-refractivity contribution is 6.18. The molecule has 0 saturated carbocycles. The van der Waals surface area contributed by atoms with Crippen LogP contribution < -0.4 is 10.2 Å². The molecule has 6 rings (SSSR count). The summed E-state index contributed by atoms with van der Waals surface area (Å²) in [5, 5.41) is 64.8. The Morgan fingerprint density at radius 3 is 2.08 bits per heavy atom. The monoisotopic (exact) mass is 530 g/mol. The Morgan fingerprint density at radius 2 is 1.36 bits per heavy atom. The second kappa shape index (κ2) is 7.94. The predicted octanol–water partition coefficient (Wildman–Crippen LogP) is 4.97. The number of rotatable bonds is 1. The largest absolute Gasteiger partial charge is 0.507 e. The van der Waals surface area contributed by atoms with Crippen molar-refractivity contribution in [3.05, 3.63) is 51.4 Å². The lowest BCUT2D eigenvalue weighted by Gasteiger charge is -2.25. The van der Waals surface area contributed by atoms with E-state index in [-0.39, 0.29) is 67.1 Å². The van der Waals surface area contributed by atoms with Crippen molar-refractivity contribution in [1.29, 1.82) is 0 Å². The summed E-state index contributed by atoms with van der Waals surface area (Å²) in [5.74, 6) is -3.15. The lowest BCUT2D eigenvalue weighted by molar-refractivity contribution is 0.0867. The van der Waals surface area contributed by atoms with Gasteiger partial charge < -0.3 is 39.8 Å². The van der Waals surface area contributed by atoms with Gasteiger partial charge in [-0.2, -0.15) is 0 Å². The van der Waals surface area contributed by atoms with Gasteiger partial charge in [0.15, 0.2) is 11.2 Å². The van der Waals surface area contributed by atoms with Crippen molar-refractivity contribution in [1.82, 2.24) is 0 Å². The number of aromatic hydroxyl groups is 6. The first-order chi connectivity index (χ1) is 18.4. The van der Waals surface area contributed by atoms with Gasteiger partial charge in [0.2, 0.25) is 0 Å². The minimum atomic E-state index is -0.767. The van der Waals surface area contributed by atoms with Crippen LogP contribution in [0.4, 0.5) is 0 Å². The van der Waals surface area contributed by atoms with Crippen LogP contribution in [0.2, 0.25) is 0 Å². The molecule has 0 fully saturated rings. The molecule has 0 aliphatic carbocycles. The van der Waals surface area contributed by atoms with E-state index in [4.69, 9.17) is 9.15 Å². The summed E-state index contributed by atoms with van der Waals surface area (Å²) in [4.78, 5) is 26.1. The van der Waals surface area contributed by atoms with Crippen LogP contribution in [-0.2, 0) is 0 Å². The number of phenolic OH excluding ortho intramolecular Hbond substituents is 5. The minimum Gasteiger partial charge on any atom is -0.507 e. The van der Waals surface area contributed by atoms with Gasteiger partial charge in [-0.15, -0.1) is 0 Å². The number of Topliss-reactive ketones (excluding diaryl/α,β-unsaturated/α-hetero) is 1. The van der Waals surface area contributed by atoms with Gasteiger partial charge >= 0.3 is 0 Å². The third-order valence-corrected chi connectivity index (χ3v) is 7.34. The van der Waals surface area contributed by atoms with Crippen molar-refractivity contribution in [2.75, 3.05) is 0 Å². The van der Waals surface area contributed by atoms with Gasteiger partial charge in [-0.1, -0.05) is 0 Å². The first-order valence-corrected chi connectivity index (χ1v) is 12.0. The third kappa shape index (κ3) is 3.21. The maximum absolute atomic E-state index is 13.4. The Hall–Kier alpha value is -5.12. The first kappa shape index (κ1) is 24.2. The van der Waals surface area contributed by atoms with Crippen LogP contribution in [0.15, 0.2) is 33.5 Å². The number of benzene rings is 4. The maximum Gasteiger partial charge on any atom is 0.190 e. The highest BCUT2D eigenvalue weighted by Gasteiger charge is 2.32. The van der Waals surface area contributed by atoms with Crippen LogP contribution in [-0.4, -0.2) is 42.5 Å². The highest BCUT2D eigenvalue weighted by atomic mass is 16.5. The molecule has 4 aromatic carbocycles. The Kier molecular flexibility index (Phi) is 4.93. The fraction of sp³-hybridized carbons (Fsp3) is 0.172. The number of aryl methyl sites for hydroxylation is 1. The summed E-state index contributed by atoms with van der Waals surface area (Å²) < 4.78 is 11.6. The Morgan fingerprint density at radius 1 is 0.718 bits per heavy atom. The molecule has 0 saturated heterocycles. The van der Waals surface area contributed by atoms with Crippen molar-refractivity contribution in [2.24, 2.45) is 0 Å². The van der Waals surface area contributed by atoms with Gasteiger partial charge in [0.1, 0.15) is 68.6 Å². The average molecular weight is 530 g/mol. The molecule has 10 nitrogen and oxygen atoms in total.